The predicted molar refractivity (Wildman–Crippen MR) is 67.2 cm³/mol. The van der Waals surface area contributed by atoms with Crippen molar-refractivity contribution in [1.29, 1.82) is 0 Å². The third kappa shape index (κ3) is 3.54. The van der Waals surface area contributed by atoms with Crippen LogP contribution in [0.3, 0.4) is 0 Å². The van der Waals surface area contributed by atoms with Crippen molar-refractivity contribution in [2.45, 2.75) is 20.0 Å². The highest BCUT2D eigenvalue weighted by atomic mass is 16.5. The van der Waals surface area contributed by atoms with Gasteiger partial charge in [0.05, 0.1) is 13.1 Å². The van der Waals surface area contributed by atoms with Gasteiger partial charge in [0, 0.05) is 27.1 Å². The first-order valence-electron chi connectivity index (χ1n) is 5.79. The van der Waals surface area contributed by atoms with Gasteiger partial charge >= 0.3 is 0 Å². The SMILES string of the molecule is CN=C(NCc1noc(C)n1)N(C)Cc1ccon1. The quantitative estimate of drug-likeness (QED) is 0.637. The van der Waals surface area contributed by atoms with Gasteiger partial charge in [-0.3, -0.25) is 4.99 Å². The Labute approximate surface area is 110 Å². The Hall–Kier alpha value is -2.38. The fourth-order valence-corrected chi connectivity index (χ4v) is 1.59. The second kappa shape index (κ2) is 5.98. The van der Waals surface area contributed by atoms with Crippen molar-refractivity contribution in [2.75, 3.05) is 14.1 Å². The lowest BCUT2D eigenvalue weighted by Crippen LogP contribution is -2.38. The molecular weight excluding hydrogens is 248 g/mol. The van der Waals surface area contributed by atoms with Gasteiger partial charge < -0.3 is 19.3 Å². The van der Waals surface area contributed by atoms with Crippen LogP contribution in [0, 0.1) is 6.92 Å². The monoisotopic (exact) mass is 264 g/mol. The standard InChI is InChI=1S/C11H16N6O2/c1-8-14-10(16-19-8)6-13-11(12-2)17(3)7-9-4-5-18-15-9/h4-5H,6-7H2,1-3H3,(H,12,13). The molecule has 8 nitrogen and oxygen atoms in total. The topological polar surface area (TPSA) is 92.6 Å². The van der Waals surface area contributed by atoms with Crippen molar-refractivity contribution in [3.05, 3.63) is 29.7 Å². The highest BCUT2D eigenvalue weighted by Gasteiger charge is 2.09. The molecule has 2 heterocycles. The van der Waals surface area contributed by atoms with E-state index >= 15 is 0 Å². The fraction of sp³-hybridized carbons (Fsp3) is 0.455. The van der Waals surface area contributed by atoms with Crippen molar-refractivity contribution in [3.63, 3.8) is 0 Å². The van der Waals surface area contributed by atoms with Gasteiger partial charge in [-0.2, -0.15) is 4.98 Å². The summed E-state index contributed by atoms with van der Waals surface area (Å²) in [6.07, 6.45) is 1.54. The Morgan fingerprint density at radius 1 is 1.47 bits per heavy atom. The molecule has 0 atom stereocenters. The Kier molecular flexibility index (Phi) is 4.11. The zero-order valence-corrected chi connectivity index (χ0v) is 11.1. The number of hydrogen-bond acceptors (Lipinski definition) is 6. The highest BCUT2D eigenvalue weighted by Crippen LogP contribution is 2.00. The molecule has 0 amide bonds. The molecule has 2 aromatic rings. The minimum atomic E-state index is 0.452. The molecule has 1 N–H and O–H groups in total. The van der Waals surface area contributed by atoms with Crippen LogP contribution in [0.4, 0.5) is 0 Å². The van der Waals surface area contributed by atoms with Crippen LogP contribution in [0.2, 0.25) is 0 Å². The van der Waals surface area contributed by atoms with Crippen molar-refractivity contribution in [2.24, 2.45) is 4.99 Å². The maximum Gasteiger partial charge on any atom is 0.223 e. The third-order valence-corrected chi connectivity index (χ3v) is 2.44. The Morgan fingerprint density at radius 2 is 2.32 bits per heavy atom. The smallest absolute Gasteiger partial charge is 0.223 e. The lowest BCUT2D eigenvalue weighted by molar-refractivity contribution is 0.384. The maximum absolute atomic E-state index is 4.90. The molecule has 2 rings (SSSR count). The molecule has 0 spiro atoms. The molecule has 0 fully saturated rings. The minimum Gasteiger partial charge on any atom is -0.364 e. The first-order chi connectivity index (χ1) is 9.19. The number of guanidine groups is 1. The summed E-state index contributed by atoms with van der Waals surface area (Å²) in [7, 11) is 3.62. The molecule has 8 heteroatoms. The Bertz CT molecular complexity index is 533. The van der Waals surface area contributed by atoms with Crippen molar-refractivity contribution in [3.8, 4) is 0 Å². The van der Waals surface area contributed by atoms with Crippen LogP contribution in [-0.4, -0.2) is 40.3 Å². The van der Waals surface area contributed by atoms with Crippen molar-refractivity contribution >= 4 is 5.96 Å². The summed E-state index contributed by atoms with van der Waals surface area (Å²) in [5, 5.41) is 10.8. The van der Waals surface area contributed by atoms with E-state index in [-0.39, 0.29) is 0 Å². The van der Waals surface area contributed by atoms with Crippen LogP contribution in [0.1, 0.15) is 17.4 Å². The average molecular weight is 264 g/mol. The largest absolute Gasteiger partial charge is 0.364 e. The van der Waals surface area contributed by atoms with Gasteiger partial charge in [-0.1, -0.05) is 10.3 Å². The van der Waals surface area contributed by atoms with Crippen molar-refractivity contribution < 1.29 is 9.05 Å². The maximum atomic E-state index is 4.90. The molecule has 0 aliphatic carbocycles. The third-order valence-electron chi connectivity index (χ3n) is 2.44. The molecule has 0 unspecified atom stereocenters. The van der Waals surface area contributed by atoms with E-state index in [0.29, 0.717) is 30.8 Å². The predicted octanol–water partition coefficient (Wildman–Crippen LogP) is 0.573. The minimum absolute atomic E-state index is 0.452. The van der Waals surface area contributed by atoms with Gasteiger partial charge in [-0.15, -0.1) is 0 Å². The summed E-state index contributed by atoms with van der Waals surface area (Å²) in [5.74, 6) is 1.85. The number of aliphatic imine (C=N–C) groups is 1. The summed E-state index contributed by atoms with van der Waals surface area (Å²) in [5.41, 5.74) is 0.834. The zero-order valence-electron chi connectivity index (χ0n) is 11.1. The first kappa shape index (κ1) is 13.1. The molecule has 0 saturated carbocycles. The van der Waals surface area contributed by atoms with Gasteiger partial charge in [0.2, 0.25) is 5.89 Å². The van der Waals surface area contributed by atoms with E-state index < -0.39 is 0 Å². The number of hydrogen-bond donors (Lipinski definition) is 1. The van der Waals surface area contributed by atoms with Crippen LogP contribution in [0.25, 0.3) is 0 Å². The van der Waals surface area contributed by atoms with Crippen LogP contribution in [0.5, 0.6) is 0 Å². The number of rotatable bonds is 4. The average Bonchev–Trinajstić information content (AvgIpc) is 3.02. The van der Waals surface area contributed by atoms with Gasteiger partial charge in [0.1, 0.15) is 12.0 Å². The highest BCUT2D eigenvalue weighted by molar-refractivity contribution is 5.79. The van der Waals surface area contributed by atoms with Crippen molar-refractivity contribution in [1.82, 2.24) is 25.5 Å². The number of nitrogens with one attached hydrogen (secondary N) is 1. The van der Waals surface area contributed by atoms with Gasteiger partial charge in [0.25, 0.3) is 0 Å². The Morgan fingerprint density at radius 3 is 2.89 bits per heavy atom. The summed E-state index contributed by atoms with van der Waals surface area (Å²) in [6, 6.07) is 1.81. The number of nitrogens with zero attached hydrogens (tertiary/aromatic N) is 5. The molecule has 102 valence electrons. The van der Waals surface area contributed by atoms with Crippen LogP contribution in [-0.2, 0) is 13.1 Å². The Balaban J connectivity index is 1.89. The summed E-state index contributed by atoms with van der Waals surface area (Å²) in [4.78, 5) is 10.2. The summed E-state index contributed by atoms with van der Waals surface area (Å²) >= 11 is 0. The van der Waals surface area contributed by atoms with Gasteiger partial charge in [0.15, 0.2) is 11.8 Å². The van der Waals surface area contributed by atoms with Crippen LogP contribution < -0.4 is 5.32 Å². The van der Waals surface area contributed by atoms with E-state index in [1.165, 1.54) is 0 Å². The van der Waals surface area contributed by atoms with E-state index in [4.69, 9.17) is 9.05 Å². The first-order valence-corrected chi connectivity index (χ1v) is 5.79. The summed E-state index contributed by atoms with van der Waals surface area (Å²) < 4.78 is 9.69. The molecular formula is C11H16N6O2. The number of aromatic nitrogens is 3. The van der Waals surface area contributed by atoms with E-state index in [9.17, 15) is 0 Å². The molecule has 0 aromatic carbocycles. The second-order valence-corrected chi connectivity index (χ2v) is 3.98. The molecule has 0 saturated heterocycles. The number of aryl methyl sites for hydroxylation is 1. The van der Waals surface area contributed by atoms with Crippen LogP contribution >= 0.6 is 0 Å². The lowest BCUT2D eigenvalue weighted by atomic mass is 10.4. The molecule has 19 heavy (non-hydrogen) atoms. The molecule has 0 aliphatic heterocycles. The van der Waals surface area contributed by atoms with E-state index in [0.717, 1.165) is 5.69 Å². The van der Waals surface area contributed by atoms with Crippen LogP contribution in [0.15, 0.2) is 26.4 Å². The van der Waals surface area contributed by atoms with E-state index in [2.05, 4.69) is 25.6 Å². The molecule has 2 aromatic heterocycles. The second-order valence-electron chi connectivity index (χ2n) is 3.98. The fourth-order valence-electron chi connectivity index (χ4n) is 1.59. The van der Waals surface area contributed by atoms with Gasteiger partial charge in [-0.25, -0.2) is 0 Å². The van der Waals surface area contributed by atoms with Gasteiger partial charge in [-0.05, 0) is 0 Å². The normalized spacial score (nSPS) is 11.6. The lowest BCUT2D eigenvalue weighted by Gasteiger charge is -2.20. The van der Waals surface area contributed by atoms with E-state index in [1.54, 1.807) is 20.2 Å². The van der Waals surface area contributed by atoms with E-state index in [1.807, 2.05) is 18.0 Å². The molecule has 0 aliphatic rings. The summed E-state index contributed by atoms with van der Waals surface area (Å²) in [6.45, 7) is 2.80. The zero-order chi connectivity index (χ0) is 13.7. The molecule has 0 bridgehead atoms. The molecule has 0 radical (unpaired) electrons.